The van der Waals surface area contributed by atoms with Crippen molar-refractivity contribution in [2.75, 3.05) is 11.4 Å². The van der Waals surface area contributed by atoms with Crippen molar-refractivity contribution in [1.29, 1.82) is 0 Å². The van der Waals surface area contributed by atoms with E-state index in [-0.39, 0.29) is 10.8 Å². The summed E-state index contributed by atoms with van der Waals surface area (Å²) in [7, 11) is -2.21. The molecule has 0 atom stereocenters. The molecule has 6 nitrogen and oxygen atoms in total. The van der Waals surface area contributed by atoms with Crippen LogP contribution in [0.1, 0.15) is 5.82 Å². The third kappa shape index (κ3) is 2.17. The molecule has 0 saturated carbocycles. The zero-order valence-electron chi connectivity index (χ0n) is 9.95. The maximum atomic E-state index is 12.2. The van der Waals surface area contributed by atoms with E-state index in [1.807, 2.05) is 0 Å². The Morgan fingerprint density at radius 3 is 2.39 bits per heavy atom. The summed E-state index contributed by atoms with van der Waals surface area (Å²) in [5.74, 6) is 0.620. The van der Waals surface area contributed by atoms with Gasteiger partial charge in [0.1, 0.15) is 11.6 Å². The van der Waals surface area contributed by atoms with Gasteiger partial charge in [-0.2, -0.15) is 8.42 Å². The average molecular weight is 267 g/mol. The topological polar surface area (TPSA) is 86.3 Å². The van der Waals surface area contributed by atoms with Crippen LogP contribution in [0, 0.1) is 6.92 Å². The number of anilines is 1. The third-order valence-corrected chi connectivity index (χ3v) is 4.23. The van der Waals surface area contributed by atoms with Gasteiger partial charge in [-0.1, -0.05) is 0 Å². The molecule has 96 valence electrons. The van der Waals surface area contributed by atoms with Crippen molar-refractivity contribution in [3.05, 3.63) is 36.3 Å². The first kappa shape index (κ1) is 12.4. The second kappa shape index (κ2) is 4.34. The van der Waals surface area contributed by atoms with Gasteiger partial charge in [0.15, 0.2) is 5.03 Å². The van der Waals surface area contributed by atoms with Crippen LogP contribution in [0.5, 0.6) is 5.75 Å². The number of phenolic OH excluding ortho intramolecular Hbond substituents is 1. The number of sulfonamides is 1. The molecule has 2 N–H and O–H groups in total. The van der Waals surface area contributed by atoms with Gasteiger partial charge >= 0.3 is 0 Å². The average Bonchev–Trinajstić information content (AvgIpc) is 2.76. The molecule has 0 amide bonds. The van der Waals surface area contributed by atoms with E-state index in [0.29, 0.717) is 11.5 Å². The summed E-state index contributed by atoms with van der Waals surface area (Å²) in [6.07, 6.45) is 1.28. The van der Waals surface area contributed by atoms with Crippen LogP contribution in [0.3, 0.4) is 0 Å². The maximum Gasteiger partial charge on any atom is 0.281 e. The van der Waals surface area contributed by atoms with Crippen molar-refractivity contribution in [1.82, 2.24) is 9.97 Å². The van der Waals surface area contributed by atoms with Crippen molar-refractivity contribution in [2.24, 2.45) is 0 Å². The Labute approximate surface area is 105 Å². The highest BCUT2D eigenvalue weighted by Crippen LogP contribution is 2.22. The molecule has 1 aromatic carbocycles. The number of rotatable bonds is 3. The second-order valence-electron chi connectivity index (χ2n) is 3.82. The van der Waals surface area contributed by atoms with E-state index in [2.05, 4.69) is 9.97 Å². The van der Waals surface area contributed by atoms with Gasteiger partial charge in [-0.25, -0.2) is 4.98 Å². The molecule has 2 rings (SSSR count). The van der Waals surface area contributed by atoms with E-state index in [9.17, 15) is 13.5 Å². The van der Waals surface area contributed by atoms with Crippen LogP contribution in [0.4, 0.5) is 5.69 Å². The highest BCUT2D eigenvalue weighted by atomic mass is 32.2. The fourth-order valence-corrected chi connectivity index (χ4v) is 2.64. The zero-order chi connectivity index (χ0) is 13.3. The lowest BCUT2D eigenvalue weighted by Gasteiger charge is -2.18. The molecule has 18 heavy (non-hydrogen) atoms. The van der Waals surface area contributed by atoms with Gasteiger partial charge in [-0.05, 0) is 31.2 Å². The third-order valence-electron chi connectivity index (χ3n) is 2.53. The van der Waals surface area contributed by atoms with E-state index in [0.717, 1.165) is 4.31 Å². The summed E-state index contributed by atoms with van der Waals surface area (Å²) in [6.45, 7) is 1.68. The van der Waals surface area contributed by atoms with Gasteiger partial charge in [-0.3, -0.25) is 4.31 Å². The number of phenols is 1. The molecular weight excluding hydrogens is 254 g/mol. The summed E-state index contributed by atoms with van der Waals surface area (Å²) in [4.78, 5) is 6.56. The van der Waals surface area contributed by atoms with Crippen molar-refractivity contribution in [3.63, 3.8) is 0 Å². The van der Waals surface area contributed by atoms with E-state index in [1.54, 1.807) is 6.92 Å². The first-order valence-electron chi connectivity index (χ1n) is 5.21. The lowest BCUT2D eigenvalue weighted by Crippen LogP contribution is -2.26. The molecule has 0 bridgehead atoms. The van der Waals surface area contributed by atoms with Crippen LogP contribution < -0.4 is 4.31 Å². The molecule has 1 aromatic heterocycles. The Hall–Kier alpha value is -2.02. The minimum absolute atomic E-state index is 0.0376. The minimum atomic E-state index is -3.65. The molecule has 0 fully saturated rings. The number of aromatic hydroxyl groups is 1. The SMILES string of the molecule is Cc1ncc(S(=O)(=O)N(C)c2ccc(O)cc2)[nH]1. The highest BCUT2D eigenvalue weighted by Gasteiger charge is 2.23. The summed E-state index contributed by atoms with van der Waals surface area (Å²) in [6, 6.07) is 5.91. The van der Waals surface area contributed by atoms with Crippen molar-refractivity contribution < 1.29 is 13.5 Å². The van der Waals surface area contributed by atoms with E-state index >= 15 is 0 Å². The summed E-state index contributed by atoms with van der Waals surface area (Å²) in [5, 5.41) is 9.22. The fraction of sp³-hybridized carbons (Fsp3) is 0.182. The van der Waals surface area contributed by atoms with E-state index in [1.165, 1.54) is 37.5 Å². The van der Waals surface area contributed by atoms with Gasteiger partial charge in [0, 0.05) is 7.05 Å². The normalized spacial score (nSPS) is 11.4. The van der Waals surface area contributed by atoms with Crippen LogP contribution in [0.15, 0.2) is 35.5 Å². The molecule has 0 radical (unpaired) electrons. The Morgan fingerprint density at radius 1 is 1.28 bits per heavy atom. The van der Waals surface area contributed by atoms with Crippen LogP contribution in [-0.2, 0) is 10.0 Å². The van der Waals surface area contributed by atoms with Gasteiger partial charge in [-0.15, -0.1) is 0 Å². The molecule has 0 saturated heterocycles. The summed E-state index contributed by atoms with van der Waals surface area (Å²) >= 11 is 0. The van der Waals surface area contributed by atoms with E-state index < -0.39 is 10.0 Å². The van der Waals surface area contributed by atoms with Crippen molar-refractivity contribution >= 4 is 15.7 Å². The van der Waals surface area contributed by atoms with Gasteiger partial charge in [0.05, 0.1) is 11.9 Å². The first-order chi connectivity index (χ1) is 8.41. The molecule has 0 aliphatic carbocycles. The Balaban J connectivity index is 2.39. The van der Waals surface area contributed by atoms with Crippen molar-refractivity contribution in [3.8, 4) is 5.75 Å². The number of benzene rings is 1. The molecule has 1 heterocycles. The summed E-state index contributed by atoms with van der Waals surface area (Å²) in [5.41, 5.74) is 0.458. The smallest absolute Gasteiger partial charge is 0.281 e. The van der Waals surface area contributed by atoms with Gasteiger partial charge in [0.25, 0.3) is 10.0 Å². The first-order valence-corrected chi connectivity index (χ1v) is 6.65. The number of nitrogens with zero attached hydrogens (tertiary/aromatic N) is 2. The number of nitrogens with one attached hydrogen (secondary N) is 1. The number of H-pyrrole nitrogens is 1. The van der Waals surface area contributed by atoms with Gasteiger partial charge < -0.3 is 10.1 Å². The number of aryl methyl sites for hydroxylation is 1. The summed E-state index contributed by atoms with van der Waals surface area (Å²) < 4.78 is 25.6. The van der Waals surface area contributed by atoms with Crippen LogP contribution in [-0.4, -0.2) is 30.5 Å². The number of aromatic nitrogens is 2. The van der Waals surface area contributed by atoms with Crippen LogP contribution >= 0.6 is 0 Å². The fourth-order valence-electron chi connectivity index (χ4n) is 1.48. The van der Waals surface area contributed by atoms with Crippen molar-refractivity contribution in [2.45, 2.75) is 11.9 Å². The molecule has 0 spiro atoms. The van der Waals surface area contributed by atoms with Crippen LogP contribution in [0.25, 0.3) is 0 Å². The Morgan fingerprint density at radius 2 is 1.89 bits per heavy atom. The quantitative estimate of drug-likeness (QED) is 0.876. The highest BCUT2D eigenvalue weighted by molar-refractivity contribution is 7.92. The predicted octanol–water partition coefficient (Wildman–Crippen LogP) is 1.25. The standard InChI is InChI=1S/C11H13N3O3S/c1-8-12-7-11(13-8)18(16,17)14(2)9-3-5-10(15)6-4-9/h3-7,15H,1-2H3,(H,12,13). The largest absolute Gasteiger partial charge is 0.508 e. The molecule has 0 aliphatic heterocycles. The minimum Gasteiger partial charge on any atom is -0.508 e. The number of imidazole rings is 1. The number of aromatic amines is 1. The molecule has 2 aromatic rings. The number of hydrogen-bond donors (Lipinski definition) is 2. The Bertz CT molecular complexity index is 646. The zero-order valence-corrected chi connectivity index (χ0v) is 10.8. The molecule has 0 unspecified atom stereocenters. The monoisotopic (exact) mass is 267 g/mol. The maximum absolute atomic E-state index is 12.2. The number of hydrogen-bond acceptors (Lipinski definition) is 4. The predicted molar refractivity (Wildman–Crippen MR) is 67.0 cm³/mol. The second-order valence-corrected chi connectivity index (χ2v) is 5.76. The molecule has 0 aliphatic rings. The molecule has 7 heteroatoms. The van der Waals surface area contributed by atoms with E-state index in [4.69, 9.17) is 0 Å². The Kier molecular flexibility index (Phi) is 3.00. The van der Waals surface area contributed by atoms with Gasteiger partial charge in [0.2, 0.25) is 0 Å². The lowest BCUT2D eigenvalue weighted by molar-refractivity contribution is 0.475. The van der Waals surface area contributed by atoms with Crippen LogP contribution in [0.2, 0.25) is 0 Å². The molecular formula is C11H13N3O3S. The lowest BCUT2D eigenvalue weighted by atomic mass is 10.3.